The molecule has 0 heterocycles. The lowest BCUT2D eigenvalue weighted by Gasteiger charge is -2.18. The normalized spacial score (nSPS) is 14.0. The van der Waals surface area contributed by atoms with Crippen molar-refractivity contribution in [3.8, 4) is 0 Å². The molecular weight excluding hydrogens is 224 g/mol. The molecule has 1 unspecified atom stereocenters. The number of rotatable bonds is 5. The zero-order valence-corrected chi connectivity index (χ0v) is 10.4. The van der Waals surface area contributed by atoms with Crippen LogP contribution in [0.15, 0.2) is 30.3 Å². The van der Waals surface area contributed by atoms with E-state index in [1.807, 2.05) is 30.3 Å². The van der Waals surface area contributed by atoms with Gasteiger partial charge in [-0.3, -0.25) is 0 Å². The van der Waals surface area contributed by atoms with Gasteiger partial charge in [0.15, 0.2) is 0 Å². The molecule has 1 aromatic carbocycles. The van der Waals surface area contributed by atoms with Gasteiger partial charge < -0.3 is 5.73 Å². The lowest BCUT2D eigenvalue weighted by Crippen LogP contribution is -2.35. The smallest absolute Gasteiger partial charge is 0.215 e. The number of nitrogens with two attached hydrogens (primary N) is 1. The standard InChI is InChI=1S/C11H18N2O2S/c1-10(12)9-16(14,15)13(2)8-11-6-4-3-5-7-11/h3-7,10H,8-9,12H2,1-2H3. The predicted octanol–water partition coefficient (Wildman–Crippen LogP) is 0.795. The minimum atomic E-state index is -3.25. The minimum Gasteiger partial charge on any atom is -0.327 e. The Kier molecular flexibility index (Phi) is 4.46. The average molecular weight is 242 g/mol. The fourth-order valence-electron chi connectivity index (χ4n) is 1.40. The minimum absolute atomic E-state index is 0.0175. The molecule has 1 atom stereocenters. The van der Waals surface area contributed by atoms with Gasteiger partial charge >= 0.3 is 0 Å². The second-order valence-electron chi connectivity index (χ2n) is 4.00. The van der Waals surface area contributed by atoms with Gasteiger partial charge in [0, 0.05) is 19.6 Å². The maximum Gasteiger partial charge on any atom is 0.215 e. The van der Waals surface area contributed by atoms with Crippen LogP contribution in [-0.4, -0.2) is 31.6 Å². The van der Waals surface area contributed by atoms with Crippen LogP contribution in [0.1, 0.15) is 12.5 Å². The molecule has 0 radical (unpaired) electrons. The van der Waals surface area contributed by atoms with Crippen molar-refractivity contribution in [3.63, 3.8) is 0 Å². The summed E-state index contributed by atoms with van der Waals surface area (Å²) in [5.74, 6) is -0.0175. The number of sulfonamides is 1. The largest absolute Gasteiger partial charge is 0.327 e. The van der Waals surface area contributed by atoms with Crippen LogP contribution in [0.2, 0.25) is 0 Å². The fraction of sp³-hybridized carbons (Fsp3) is 0.455. The Bertz CT molecular complexity index is 415. The van der Waals surface area contributed by atoms with Crippen molar-refractivity contribution in [3.05, 3.63) is 35.9 Å². The van der Waals surface area contributed by atoms with E-state index in [9.17, 15) is 8.42 Å². The Hall–Kier alpha value is -0.910. The highest BCUT2D eigenvalue weighted by atomic mass is 32.2. The molecule has 0 bridgehead atoms. The second-order valence-corrected chi connectivity index (χ2v) is 6.12. The van der Waals surface area contributed by atoms with Gasteiger partial charge in [-0.25, -0.2) is 12.7 Å². The van der Waals surface area contributed by atoms with Gasteiger partial charge in [-0.2, -0.15) is 0 Å². The van der Waals surface area contributed by atoms with Gasteiger partial charge in [0.05, 0.1) is 5.75 Å². The van der Waals surface area contributed by atoms with E-state index in [1.54, 1.807) is 14.0 Å². The molecule has 0 fully saturated rings. The van der Waals surface area contributed by atoms with E-state index in [0.717, 1.165) is 5.56 Å². The van der Waals surface area contributed by atoms with E-state index >= 15 is 0 Å². The molecular formula is C11H18N2O2S. The van der Waals surface area contributed by atoms with Crippen LogP contribution in [0.4, 0.5) is 0 Å². The topological polar surface area (TPSA) is 63.4 Å². The number of hydrogen-bond acceptors (Lipinski definition) is 3. The molecule has 0 saturated carbocycles. The van der Waals surface area contributed by atoms with E-state index in [4.69, 9.17) is 5.73 Å². The SMILES string of the molecule is CC(N)CS(=O)(=O)N(C)Cc1ccccc1. The van der Waals surface area contributed by atoms with Crippen LogP contribution in [0.25, 0.3) is 0 Å². The molecule has 1 aromatic rings. The van der Waals surface area contributed by atoms with Gasteiger partial charge in [0.2, 0.25) is 10.0 Å². The molecule has 4 nitrogen and oxygen atoms in total. The highest BCUT2D eigenvalue weighted by molar-refractivity contribution is 7.89. The third kappa shape index (κ3) is 3.92. The molecule has 16 heavy (non-hydrogen) atoms. The maximum absolute atomic E-state index is 11.8. The van der Waals surface area contributed by atoms with Crippen LogP contribution in [0.3, 0.4) is 0 Å². The van der Waals surface area contributed by atoms with Gasteiger partial charge in [0.1, 0.15) is 0 Å². The maximum atomic E-state index is 11.8. The first-order valence-electron chi connectivity index (χ1n) is 5.15. The van der Waals surface area contributed by atoms with Gasteiger partial charge in [-0.05, 0) is 12.5 Å². The Morgan fingerprint density at radius 2 is 1.88 bits per heavy atom. The highest BCUT2D eigenvalue weighted by Gasteiger charge is 2.19. The summed E-state index contributed by atoms with van der Waals surface area (Å²) in [5, 5.41) is 0. The summed E-state index contributed by atoms with van der Waals surface area (Å²) in [6.45, 7) is 2.07. The predicted molar refractivity (Wildman–Crippen MR) is 65.3 cm³/mol. The van der Waals surface area contributed by atoms with Crippen LogP contribution >= 0.6 is 0 Å². The Labute approximate surface area is 97.1 Å². The molecule has 1 rings (SSSR count). The van der Waals surface area contributed by atoms with Gasteiger partial charge in [-0.15, -0.1) is 0 Å². The number of hydrogen-bond donors (Lipinski definition) is 1. The van der Waals surface area contributed by atoms with Crippen molar-refractivity contribution in [1.82, 2.24) is 4.31 Å². The van der Waals surface area contributed by atoms with Crippen molar-refractivity contribution in [2.75, 3.05) is 12.8 Å². The summed E-state index contributed by atoms with van der Waals surface area (Å²) >= 11 is 0. The summed E-state index contributed by atoms with van der Waals surface area (Å²) in [6.07, 6.45) is 0. The lowest BCUT2D eigenvalue weighted by atomic mass is 10.2. The van der Waals surface area contributed by atoms with E-state index < -0.39 is 10.0 Å². The molecule has 90 valence electrons. The van der Waals surface area contributed by atoms with Crippen molar-refractivity contribution >= 4 is 10.0 Å². The molecule has 5 heteroatoms. The Morgan fingerprint density at radius 3 is 2.38 bits per heavy atom. The molecule has 0 amide bonds. The van der Waals surface area contributed by atoms with E-state index in [1.165, 1.54) is 4.31 Å². The molecule has 0 aromatic heterocycles. The lowest BCUT2D eigenvalue weighted by molar-refractivity contribution is 0.463. The van der Waals surface area contributed by atoms with Crippen LogP contribution < -0.4 is 5.73 Å². The van der Waals surface area contributed by atoms with Gasteiger partial charge in [0.25, 0.3) is 0 Å². The van der Waals surface area contributed by atoms with Crippen molar-refractivity contribution < 1.29 is 8.42 Å². The van der Waals surface area contributed by atoms with Crippen molar-refractivity contribution in [2.24, 2.45) is 5.73 Å². The fourth-order valence-corrected chi connectivity index (χ4v) is 2.66. The summed E-state index contributed by atoms with van der Waals surface area (Å²) in [7, 11) is -1.68. The number of nitrogens with zero attached hydrogens (tertiary/aromatic N) is 1. The first-order chi connectivity index (χ1) is 7.42. The third-order valence-electron chi connectivity index (χ3n) is 2.20. The second kappa shape index (κ2) is 5.43. The molecule has 0 aliphatic heterocycles. The summed E-state index contributed by atoms with van der Waals surface area (Å²) < 4.78 is 24.9. The first-order valence-corrected chi connectivity index (χ1v) is 6.76. The van der Waals surface area contributed by atoms with Crippen molar-refractivity contribution in [2.45, 2.75) is 19.5 Å². The highest BCUT2D eigenvalue weighted by Crippen LogP contribution is 2.07. The first kappa shape index (κ1) is 13.2. The van der Waals surface area contributed by atoms with E-state index in [0.29, 0.717) is 6.54 Å². The summed E-state index contributed by atoms with van der Waals surface area (Å²) in [6, 6.07) is 9.14. The van der Waals surface area contributed by atoms with E-state index in [-0.39, 0.29) is 11.8 Å². The summed E-state index contributed by atoms with van der Waals surface area (Å²) in [4.78, 5) is 0. The van der Waals surface area contributed by atoms with E-state index in [2.05, 4.69) is 0 Å². The summed E-state index contributed by atoms with van der Waals surface area (Å²) in [5.41, 5.74) is 6.47. The van der Waals surface area contributed by atoms with Crippen LogP contribution in [0.5, 0.6) is 0 Å². The monoisotopic (exact) mass is 242 g/mol. The third-order valence-corrected chi connectivity index (χ3v) is 4.22. The van der Waals surface area contributed by atoms with Crippen molar-refractivity contribution in [1.29, 1.82) is 0 Å². The average Bonchev–Trinajstić information content (AvgIpc) is 2.17. The Morgan fingerprint density at radius 1 is 1.31 bits per heavy atom. The van der Waals surface area contributed by atoms with Crippen LogP contribution in [-0.2, 0) is 16.6 Å². The Balaban J connectivity index is 2.69. The molecule has 0 aliphatic rings. The zero-order chi connectivity index (χ0) is 12.2. The van der Waals surface area contributed by atoms with Gasteiger partial charge in [-0.1, -0.05) is 30.3 Å². The molecule has 0 aliphatic carbocycles. The quantitative estimate of drug-likeness (QED) is 0.830. The zero-order valence-electron chi connectivity index (χ0n) is 9.63. The molecule has 2 N–H and O–H groups in total. The van der Waals surface area contributed by atoms with Crippen LogP contribution in [0, 0.1) is 0 Å². The molecule has 0 saturated heterocycles. The number of benzene rings is 1. The molecule has 0 spiro atoms.